The normalized spacial score (nSPS) is 18.1. The molecule has 3 nitrogen and oxygen atoms in total. The minimum absolute atomic E-state index is 0.241. The number of nitrogens with two attached hydrogens (primary N) is 1. The summed E-state index contributed by atoms with van der Waals surface area (Å²) in [6.07, 6.45) is 2.28. The topological polar surface area (TPSA) is 38.5 Å². The molecule has 1 aromatic carbocycles. The molecule has 1 aliphatic rings. The van der Waals surface area contributed by atoms with E-state index in [9.17, 15) is 0 Å². The van der Waals surface area contributed by atoms with E-state index in [0.717, 1.165) is 25.9 Å². The average molecular weight is 206 g/mol. The molecular formula is C12H18N2O. The molecule has 0 saturated carbocycles. The lowest BCUT2D eigenvalue weighted by Gasteiger charge is -2.33. The Kier molecular flexibility index (Phi) is 3.23. The van der Waals surface area contributed by atoms with Gasteiger partial charge in [0.25, 0.3) is 0 Å². The van der Waals surface area contributed by atoms with Crippen molar-refractivity contribution in [1.29, 1.82) is 0 Å². The zero-order chi connectivity index (χ0) is 10.7. The summed E-state index contributed by atoms with van der Waals surface area (Å²) in [4.78, 5) is 7.29. The molecule has 15 heavy (non-hydrogen) atoms. The van der Waals surface area contributed by atoms with E-state index < -0.39 is 0 Å². The van der Waals surface area contributed by atoms with Crippen molar-refractivity contribution in [2.75, 3.05) is 18.0 Å². The van der Waals surface area contributed by atoms with E-state index in [1.165, 1.54) is 11.3 Å². The van der Waals surface area contributed by atoms with Crippen LogP contribution in [0.5, 0.6) is 0 Å². The fourth-order valence-corrected chi connectivity index (χ4v) is 2.15. The lowest BCUT2D eigenvalue weighted by molar-refractivity contribution is 0.0367. The summed E-state index contributed by atoms with van der Waals surface area (Å²) in [6.45, 7) is 4.22. The first-order chi connectivity index (χ1) is 7.31. The predicted octanol–water partition coefficient (Wildman–Crippen LogP) is 1.85. The highest BCUT2D eigenvalue weighted by atomic mass is 16.6. The van der Waals surface area contributed by atoms with Gasteiger partial charge < -0.3 is 9.74 Å². The molecule has 1 aromatic rings. The quantitative estimate of drug-likeness (QED) is 0.750. The smallest absolute Gasteiger partial charge is 0.0821 e. The molecule has 0 aliphatic carbocycles. The van der Waals surface area contributed by atoms with Crippen molar-refractivity contribution in [3.8, 4) is 0 Å². The Morgan fingerprint density at radius 2 is 1.93 bits per heavy atom. The van der Waals surface area contributed by atoms with Crippen molar-refractivity contribution >= 4 is 5.69 Å². The van der Waals surface area contributed by atoms with Crippen molar-refractivity contribution in [1.82, 2.24) is 0 Å². The molecule has 2 rings (SSSR count). The van der Waals surface area contributed by atoms with Gasteiger partial charge in [0, 0.05) is 18.8 Å². The van der Waals surface area contributed by atoms with E-state index in [1.54, 1.807) is 0 Å². The molecule has 0 radical (unpaired) electrons. The van der Waals surface area contributed by atoms with Crippen LogP contribution >= 0.6 is 0 Å². The number of rotatable bonds is 2. The second kappa shape index (κ2) is 4.64. The highest BCUT2D eigenvalue weighted by Crippen LogP contribution is 2.23. The number of nitrogens with zero attached hydrogens (tertiary/aromatic N) is 1. The minimum atomic E-state index is 0.241. The lowest BCUT2D eigenvalue weighted by atomic mass is 10.1. The number of anilines is 1. The number of piperidine rings is 1. The zero-order valence-electron chi connectivity index (χ0n) is 9.15. The first kappa shape index (κ1) is 10.5. The van der Waals surface area contributed by atoms with Crippen LogP contribution < -0.4 is 10.8 Å². The van der Waals surface area contributed by atoms with E-state index in [-0.39, 0.29) is 6.10 Å². The number of hydrogen-bond acceptors (Lipinski definition) is 3. The summed E-state index contributed by atoms with van der Waals surface area (Å²) < 4.78 is 0. The summed E-state index contributed by atoms with van der Waals surface area (Å²) in [5, 5.41) is 0. The Balaban J connectivity index is 2.04. The maximum absolute atomic E-state index is 5.20. The molecular weight excluding hydrogens is 188 g/mol. The SMILES string of the molecule is Cc1ccccc1N1CCC(ON)CC1. The molecule has 0 amide bonds. The zero-order valence-corrected chi connectivity index (χ0v) is 9.15. The number of benzene rings is 1. The van der Waals surface area contributed by atoms with Gasteiger partial charge >= 0.3 is 0 Å². The van der Waals surface area contributed by atoms with Gasteiger partial charge in [0.1, 0.15) is 0 Å². The van der Waals surface area contributed by atoms with Gasteiger partial charge in [0.2, 0.25) is 0 Å². The molecule has 1 heterocycles. The first-order valence-electron chi connectivity index (χ1n) is 5.47. The summed E-state index contributed by atoms with van der Waals surface area (Å²) >= 11 is 0. The number of aryl methyl sites for hydroxylation is 1. The van der Waals surface area contributed by atoms with Crippen LogP contribution in [0.15, 0.2) is 24.3 Å². The van der Waals surface area contributed by atoms with Crippen molar-refractivity contribution in [2.45, 2.75) is 25.9 Å². The molecule has 3 heteroatoms. The average Bonchev–Trinajstić information content (AvgIpc) is 2.30. The van der Waals surface area contributed by atoms with E-state index in [2.05, 4.69) is 36.1 Å². The third-order valence-corrected chi connectivity index (χ3v) is 3.09. The van der Waals surface area contributed by atoms with Crippen molar-refractivity contribution in [3.63, 3.8) is 0 Å². The molecule has 0 aromatic heterocycles. The van der Waals surface area contributed by atoms with Gasteiger partial charge in [0.15, 0.2) is 0 Å². The Morgan fingerprint density at radius 1 is 1.27 bits per heavy atom. The fraction of sp³-hybridized carbons (Fsp3) is 0.500. The van der Waals surface area contributed by atoms with Gasteiger partial charge in [-0.2, -0.15) is 0 Å². The summed E-state index contributed by atoms with van der Waals surface area (Å²) in [7, 11) is 0. The van der Waals surface area contributed by atoms with Gasteiger partial charge in [-0.1, -0.05) is 18.2 Å². The highest BCUT2D eigenvalue weighted by Gasteiger charge is 2.19. The Hall–Kier alpha value is -1.06. The van der Waals surface area contributed by atoms with E-state index >= 15 is 0 Å². The maximum Gasteiger partial charge on any atom is 0.0821 e. The van der Waals surface area contributed by atoms with Gasteiger partial charge in [-0.05, 0) is 31.4 Å². The summed E-state index contributed by atoms with van der Waals surface area (Å²) in [5.74, 6) is 5.20. The Bertz CT molecular complexity index is 319. The van der Waals surface area contributed by atoms with Gasteiger partial charge in [0.05, 0.1) is 6.10 Å². The van der Waals surface area contributed by atoms with Crippen LogP contribution in [0.3, 0.4) is 0 Å². The van der Waals surface area contributed by atoms with Crippen LogP contribution in [0, 0.1) is 6.92 Å². The van der Waals surface area contributed by atoms with Crippen LogP contribution in [0.4, 0.5) is 5.69 Å². The second-order valence-electron chi connectivity index (χ2n) is 4.11. The molecule has 1 fully saturated rings. The van der Waals surface area contributed by atoms with E-state index in [0.29, 0.717) is 0 Å². The molecule has 0 atom stereocenters. The summed E-state index contributed by atoms with van der Waals surface area (Å²) in [6, 6.07) is 8.50. The largest absolute Gasteiger partial charge is 0.371 e. The number of hydrogen-bond donors (Lipinski definition) is 1. The Morgan fingerprint density at radius 3 is 2.53 bits per heavy atom. The molecule has 82 valence electrons. The van der Waals surface area contributed by atoms with Crippen molar-refractivity contribution in [2.24, 2.45) is 5.90 Å². The molecule has 1 aliphatic heterocycles. The fourth-order valence-electron chi connectivity index (χ4n) is 2.15. The first-order valence-corrected chi connectivity index (χ1v) is 5.47. The molecule has 0 unspecified atom stereocenters. The lowest BCUT2D eigenvalue weighted by Crippen LogP contribution is -2.38. The van der Waals surface area contributed by atoms with Crippen LogP contribution in [-0.4, -0.2) is 19.2 Å². The molecule has 2 N–H and O–H groups in total. The highest BCUT2D eigenvalue weighted by molar-refractivity contribution is 5.53. The van der Waals surface area contributed by atoms with Crippen LogP contribution in [0.1, 0.15) is 18.4 Å². The molecule has 1 saturated heterocycles. The predicted molar refractivity (Wildman–Crippen MR) is 61.7 cm³/mol. The number of para-hydroxylation sites is 1. The molecule has 0 spiro atoms. The van der Waals surface area contributed by atoms with Gasteiger partial charge in [-0.15, -0.1) is 0 Å². The van der Waals surface area contributed by atoms with Crippen LogP contribution in [0.2, 0.25) is 0 Å². The van der Waals surface area contributed by atoms with Gasteiger partial charge in [-0.25, -0.2) is 5.90 Å². The van der Waals surface area contributed by atoms with Crippen LogP contribution in [-0.2, 0) is 4.84 Å². The molecule has 0 bridgehead atoms. The summed E-state index contributed by atoms with van der Waals surface area (Å²) in [5.41, 5.74) is 2.68. The van der Waals surface area contributed by atoms with E-state index in [4.69, 9.17) is 10.7 Å². The minimum Gasteiger partial charge on any atom is -0.371 e. The van der Waals surface area contributed by atoms with Gasteiger partial charge in [-0.3, -0.25) is 0 Å². The monoisotopic (exact) mass is 206 g/mol. The Labute approximate surface area is 90.8 Å². The third-order valence-electron chi connectivity index (χ3n) is 3.09. The van der Waals surface area contributed by atoms with Crippen molar-refractivity contribution in [3.05, 3.63) is 29.8 Å². The van der Waals surface area contributed by atoms with Crippen LogP contribution in [0.25, 0.3) is 0 Å². The maximum atomic E-state index is 5.20. The van der Waals surface area contributed by atoms with Crippen molar-refractivity contribution < 1.29 is 4.84 Å². The standard InChI is InChI=1S/C12H18N2O/c1-10-4-2-3-5-12(10)14-8-6-11(15-13)7-9-14/h2-5,11H,6-9,13H2,1H3. The van der Waals surface area contributed by atoms with E-state index in [1.807, 2.05) is 0 Å². The third kappa shape index (κ3) is 2.30. The second-order valence-corrected chi connectivity index (χ2v) is 4.11.